The van der Waals surface area contributed by atoms with Crippen molar-refractivity contribution in [3.8, 4) is 0 Å². The van der Waals surface area contributed by atoms with E-state index in [1.165, 1.54) is 11.8 Å². The molecule has 0 aliphatic carbocycles. The van der Waals surface area contributed by atoms with E-state index in [0.717, 1.165) is 25.3 Å². The Hall–Kier alpha value is -0.970. The van der Waals surface area contributed by atoms with Gasteiger partial charge < -0.3 is 15.4 Å². The molecule has 140 valence electrons. The number of hydrogen-bond donors (Lipinski definition) is 4. The van der Waals surface area contributed by atoms with Gasteiger partial charge in [0.1, 0.15) is 5.37 Å². The van der Waals surface area contributed by atoms with Crippen molar-refractivity contribution in [3.05, 3.63) is 0 Å². The third kappa shape index (κ3) is 4.60. The Balaban J connectivity index is 1.51. The third-order valence-corrected chi connectivity index (χ3v) is 7.36. The number of ether oxygens (including phenoxy) is 1. The van der Waals surface area contributed by atoms with Crippen LogP contribution in [0.5, 0.6) is 0 Å². The van der Waals surface area contributed by atoms with E-state index < -0.39 is 17.9 Å². The summed E-state index contributed by atoms with van der Waals surface area (Å²) >= 11 is 3.20. The monoisotopic (exact) mass is 388 g/mol. The van der Waals surface area contributed by atoms with Crippen LogP contribution in [0.3, 0.4) is 0 Å². The van der Waals surface area contributed by atoms with Crippen LogP contribution in [-0.2, 0) is 14.3 Å². The van der Waals surface area contributed by atoms with Gasteiger partial charge >= 0.3 is 6.09 Å². The first-order valence-electron chi connectivity index (χ1n) is 8.60. The second kappa shape index (κ2) is 8.61. The average Bonchev–Trinajstić information content (AvgIpc) is 3.21. The molecule has 0 aromatic carbocycles. The zero-order valence-corrected chi connectivity index (χ0v) is 15.7. The number of rotatable bonds is 4. The van der Waals surface area contributed by atoms with Gasteiger partial charge in [-0.15, -0.1) is 23.5 Å². The lowest BCUT2D eigenvalue weighted by atomic mass is 10.1. The summed E-state index contributed by atoms with van der Waals surface area (Å²) in [5.41, 5.74) is 0. The van der Waals surface area contributed by atoms with E-state index in [0.29, 0.717) is 17.7 Å². The molecular weight excluding hydrogens is 364 g/mol. The molecule has 3 fully saturated rings. The van der Waals surface area contributed by atoms with E-state index >= 15 is 0 Å². The summed E-state index contributed by atoms with van der Waals surface area (Å²) in [6, 6.07) is 0.314. The number of nitrogens with one attached hydrogen (secondary N) is 4. The number of thioether (sulfide) groups is 2. The van der Waals surface area contributed by atoms with E-state index in [-0.39, 0.29) is 23.3 Å². The minimum atomic E-state index is -0.737. The van der Waals surface area contributed by atoms with Gasteiger partial charge in [0.25, 0.3) is 0 Å². The number of piperidine rings is 1. The highest BCUT2D eigenvalue weighted by atomic mass is 32.2. The molecule has 5 atom stereocenters. The van der Waals surface area contributed by atoms with Gasteiger partial charge in [-0.25, -0.2) is 4.79 Å². The predicted octanol–water partition coefficient (Wildman–Crippen LogP) is -0.152. The standard InChI is InChI=1S/C15H24N4O4S2/c1-2-23-15(22)19-11(20)8-4-6-24-13(8)18-12(21)14-17-9-7-16-5-3-10(9)25-14/h8-10,13-14,16-17H,2-7H2,1H3,(H,18,21)(H,19,20,22). The lowest BCUT2D eigenvalue weighted by molar-refractivity contribution is -0.125. The van der Waals surface area contributed by atoms with Crippen molar-refractivity contribution in [1.29, 1.82) is 0 Å². The fourth-order valence-corrected chi connectivity index (χ4v) is 6.03. The molecular formula is C15H24N4O4S2. The highest BCUT2D eigenvalue weighted by Crippen LogP contribution is 2.34. The summed E-state index contributed by atoms with van der Waals surface area (Å²) in [6.07, 6.45) is 0.940. The maximum atomic E-state index is 12.6. The highest BCUT2D eigenvalue weighted by molar-refractivity contribution is 8.01. The van der Waals surface area contributed by atoms with Crippen LogP contribution >= 0.6 is 23.5 Å². The van der Waals surface area contributed by atoms with E-state index in [1.54, 1.807) is 18.7 Å². The van der Waals surface area contributed by atoms with Gasteiger partial charge in [0.05, 0.1) is 17.9 Å². The van der Waals surface area contributed by atoms with E-state index in [2.05, 4.69) is 21.3 Å². The summed E-state index contributed by atoms with van der Waals surface area (Å²) in [6.45, 7) is 3.75. The molecule has 0 radical (unpaired) electrons. The van der Waals surface area contributed by atoms with Crippen molar-refractivity contribution < 1.29 is 19.1 Å². The molecule has 4 N–H and O–H groups in total. The first kappa shape index (κ1) is 18.8. The quantitative estimate of drug-likeness (QED) is 0.527. The van der Waals surface area contributed by atoms with E-state index in [9.17, 15) is 14.4 Å². The van der Waals surface area contributed by atoms with Crippen molar-refractivity contribution in [2.24, 2.45) is 5.92 Å². The Morgan fingerprint density at radius 1 is 1.24 bits per heavy atom. The third-order valence-electron chi connectivity index (χ3n) is 4.55. The minimum Gasteiger partial charge on any atom is -0.450 e. The fraction of sp³-hybridized carbons (Fsp3) is 0.800. The van der Waals surface area contributed by atoms with Crippen molar-refractivity contribution in [2.75, 3.05) is 25.4 Å². The molecule has 0 bridgehead atoms. The molecule has 5 unspecified atom stereocenters. The van der Waals surface area contributed by atoms with Gasteiger partial charge in [-0.1, -0.05) is 0 Å². The number of imide groups is 1. The first-order valence-corrected chi connectivity index (χ1v) is 10.6. The molecule has 0 spiro atoms. The molecule has 3 aliphatic heterocycles. The predicted molar refractivity (Wildman–Crippen MR) is 97.2 cm³/mol. The van der Waals surface area contributed by atoms with Crippen LogP contribution in [0, 0.1) is 5.92 Å². The van der Waals surface area contributed by atoms with Crippen LogP contribution in [0.2, 0.25) is 0 Å². The molecule has 3 saturated heterocycles. The lowest BCUT2D eigenvalue weighted by Gasteiger charge is -2.24. The number of hydrogen-bond acceptors (Lipinski definition) is 8. The fourth-order valence-electron chi connectivity index (χ4n) is 3.29. The summed E-state index contributed by atoms with van der Waals surface area (Å²) in [5.74, 6) is -0.133. The van der Waals surface area contributed by atoms with Crippen LogP contribution in [0.4, 0.5) is 4.79 Å². The van der Waals surface area contributed by atoms with Crippen LogP contribution in [0.1, 0.15) is 19.8 Å². The summed E-state index contributed by atoms with van der Waals surface area (Å²) in [5, 5.41) is 11.8. The molecule has 0 aromatic rings. The maximum Gasteiger partial charge on any atom is 0.413 e. The van der Waals surface area contributed by atoms with Crippen LogP contribution in [-0.4, -0.2) is 65.4 Å². The van der Waals surface area contributed by atoms with Gasteiger partial charge in [-0.05, 0) is 32.1 Å². The molecule has 25 heavy (non-hydrogen) atoms. The van der Waals surface area contributed by atoms with Gasteiger partial charge in [-0.3, -0.25) is 20.2 Å². The molecule has 10 heteroatoms. The van der Waals surface area contributed by atoms with Crippen LogP contribution in [0.15, 0.2) is 0 Å². The lowest BCUT2D eigenvalue weighted by Crippen LogP contribution is -2.51. The van der Waals surface area contributed by atoms with E-state index in [4.69, 9.17) is 4.74 Å². The summed E-state index contributed by atoms with van der Waals surface area (Å²) < 4.78 is 4.74. The van der Waals surface area contributed by atoms with Crippen LogP contribution < -0.4 is 21.3 Å². The molecule has 3 amide bonds. The number of amides is 3. The molecule has 3 rings (SSSR count). The largest absolute Gasteiger partial charge is 0.450 e. The molecule has 3 aliphatic rings. The maximum absolute atomic E-state index is 12.6. The number of alkyl carbamates (subject to hydrolysis) is 1. The Bertz CT molecular complexity index is 522. The minimum absolute atomic E-state index is 0.0901. The van der Waals surface area contributed by atoms with Crippen molar-refractivity contribution in [1.82, 2.24) is 21.3 Å². The van der Waals surface area contributed by atoms with Gasteiger partial charge in [0, 0.05) is 17.8 Å². The topological polar surface area (TPSA) is 109 Å². The van der Waals surface area contributed by atoms with Crippen molar-refractivity contribution in [3.63, 3.8) is 0 Å². The summed E-state index contributed by atoms with van der Waals surface area (Å²) in [4.78, 5) is 36.3. The Morgan fingerprint density at radius 2 is 2.08 bits per heavy atom. The van der Waals surface area contributed by atoms with Crippen molar-refractivity contribution in [2.45, 2.75) is 41.8 Å². The zero-order chi connectivity index (χ0) is 17.8. The average molecular weight is 389 g/mol. The van der Waals surface area contributed by atoms with Crippen molar-refractivity contribution >= 4 is 41.4 Å². The molecule has 3 heterocycles. The summed E-state index contributed by atoms with van der Waals surface area (Å²) in [7, 11) is 0. The molecule has 0 saturated carbocycles. The Kier molecular flexibility index (Phi) is 6.48. The Morgan fingerprint density at radius 3 is 2.84 bits per heavy atom. The van der Waals surface area contributed by atoms with Gasteiger partial charge in [0.15, 0.2) is 0 Å². The second-order valence-electron chi connectivity index (χ2n) is 6.23. The zero-order valence-electron chi connectivity index (χ0n) is 14.1. The Labute approximate surface area is 155 Å². The number of carbonyl (C=O) groups is 3. The van der Waals surface area contributed by atoms with Gasteiger partial charge in [-0.2, -0.15) is 0 Å². The number of carbonyl (C=O) groups excluding carboxylic acids is 3. The van der Waals surface area contributed by atoms with Gasteiger partial charge in [0.2, 0.25) is 11.8 Å². The van der Waals surface area contributed by atoms with E-state index in [1.807, 2.05) is 0 Å². The molecule has 0 aromatic heterocycles. The first-order chi connectivity index (χ1) is 12.1. The van der Waals surface area contributed by atoms with Crippen LogP contribution in [0.25, 0.3) is 0 Å². The smallest absolute Gasteiger partial charge is 0.413 e. The SMILES string of the molecule is CCOC(=O)NC(=O)C1CCSC1NC(=O)C1NC2CNCCC2S1. The number of fused-ring (bicyclic) bond motifs is 1. The normalized spacial score (nSPS) is 34.2. The molecule has 8 nitrogen and oxygen atoms in total. The second-order valence-corrected chi connectivity index (χ2v) is 8.82. The highest BCUT2D eigenvalue weighted by Gasteiger charge is 2.41.